The van der Waals surface area contributed by atoms with Crippen LogP contribution in [-0.2, 0) is 0 Å². The second-order valence-electron chi connectivity index (χ2n) is 8.39. The standard InChI is InChI=1S/C19H26ClN/c1-13-8-14-9-17(2,20)11-18(10-14)12-19(13,18)16(21)15-6-4-3-5-7-15/h3-7,13-14,16H,8-12,21H2,1-2H3. The van der Waals surface area contributed by atoms with Crippen LogP contribution in [0.4, 0.5) is 0 Å². The number of fused-ring (bicyclic) bond motifs is 1. The summed E-state index contributed by atoms with van der Waals surface area (Å²) in [6.07, 6.45) is 6.31. The zero-order valence-corrected chi connectivity index (χ0v) is 13.9. The van der Waals surface area contributed by atoms with Crippen LogP contribution < -0.4 is 5.73 Å². The van der Waals surface area contributed by atoms with Gasteiger partial charge in [0, 0.05) is 10.9 Å². The van der Waals surface area contributed by atoms with E-state index in [4.69, 9.17) is 17.3 Å². The molecule has 1 spiro atoms. The summed E-state index contributed by atoms with van der Waals surface area (Å²) >= 11 is 6.81. The third-order valence-electron chi connectivity index (χ3n) is 6.87. The Morgan fingerprint density at radius 2 is 1.90 bits per heavy atom. The largest absolute Gasteiger partial charge is 0.323 e. The Bertz CT molecular complexity index is 554. The van der Waals surface area contributed by atoms with Gasteiger partial charge in [-0.3, -0.25) is 0 Å². The highest BCUT2D eigenvalue weighted by atomic mass is 35.5. The van der Waals surface area contributed by atoms with Crippen LogP contribution in [0.25, 0.3) is 0 Å². The van der Waals surface area contributed by atoms with Gasteiger partial charge in [-0.2, -0.15) is 0 Å². The van der Waals surface area contributed by atoms with Gasteiger partial charge in [0.1, 0.15) is 0 Å². The lowest BCUT2D eigenvalue weighted by Crippen LogP contribution is -2.45. The van der Waals surface area contributed by atoms with Gasteiger partial charge in [0.05, 0.1) is 0 Å². The van der Waals surface area contributed by atoms with Gasteiger partial charge in [-0.1, -0.05) is 37.3 Å². The summed E-state index contributed by atoms with van der Waals surface area (Å²) in [7, 11) is 0. The van der Waals surface area contributed by atoms with Gasteiger partial charge < -0.3 is 5.73 Å². The van der Waals surface area contributed by atoms with Crippen LogP contribution in [0.3, 0.4) is 0 Å². The van der Waals surface area contributed by atoms with Crippen LogP contribution in [0.2, 0.25) is 0 Å². The van der Waals surface area contributed by atoms with E-state index in [0.29, 0.717) is 10.8 Å². The normalized spacial score (nSPS) is 49.3. The molecule has 2 heteroatoms. The van der Waals surface area contributed by atoms with E-state index < -0.39 is 0 Å². The summed E-state index contributed by atoms with van der Waals surface area (Å²) in [4.78, 5) is -0.0127. The first kappa shape index (κ1) is 14.1. The maximum absolute atomic E-state index is 6.81. The zero-order valence-electron chi connectivity index (χ0n) is 13.1. The Balaban J connectivity index is 1.72. The van der Waals surface area contributed by atoms with Crippen LogP contribution in [0.15, 0.2) is 30.3 Å². The molecule has 114 valence electrons. The van der Waals surface area contributed by atoms with Crippen LogP contribution in [0, 0.1) is 22.7 Å². The van der Waals surface area contributed by atoms with E-state index in [1.807, 2.05) is 0 Å². The predicted octanol–water partition coefficient (Wildman–Crippen LogP) is 4.90. The smallest absolute Gasteiger partial charge is 0.0426 e. The average Bonchev–Trinajstić information content (AvgIpc) is 3.05. The summed E-state index contributed by atoms with van der Waals surface area (Å²) < 4.78 is 0. The van der Waals surface area contributed by atoms with E-state index in [-0.39, 0.29) is 10.9 Å². The molecule has 1 nitrogen and oxygen atoms in total. The molecular weight excluding hydrogens is 278 g/mol. The van der Waals surface area contributed by atoms with Crippen molar-refractivity contribution in [3.8, 4) is 0 Å². The van der Waals surface area contributed by atoms with Gasteiger partial charge in [0.2, 0.25) is 0 Å². The first-order valence-corrected chi connectivity index (χ1v) is 8.76. The van der Waals surface area contributed by atoms with E-state index in [1.165, 1.54) is 31.2 Å². The third-order valence-corrected chi connectivity index (χ3v) is 7.16. The topological polar surface area (TPSA) is 26.0 Å². The first-order valence-electron chi connectivity index (χ1n) is 8.38. The average molecular weight is 304 g/mol. The van der Waals surface area contributed by atoms with E-state index in [9.17, 15) is 0 Å². The third kappa shape index (κ3) is 1.86. The molecule has 0 saturated heterocycles. The Morgan fingerprint density at radius 1 is 1.19 bits per heavy atom. The number of nitrogens with two attached hydrogens (primary N) is 1. The quantitative estimate of drug-likeness (QED) is 0.773. The summed E-state index contributed by atoms with van der Waals surface area (Å²) in [6, 6.07) is 10.9. The van der Waals surface area contributed by atoms with Crippen molar-refractivity contribution in [2.45, 2.75) is 56.9 Å². The number of rotatable bonds is 2. The predicted molar refractivity (Wildman–Crippen MR) is 88.2 cm³/mol. The van der Waals surface area contributed by atoms with E-state index >= 15 is 0 Å². The second kappa shape index (κ2) is 4.26. The molecule has 21 heavy (non-hydrogen) atoms. The molecule has 3 saturated carbocycles. The highest BCUT2D eigenvalue weighted by Gasteiger charge is 2.76. The molecule has 0 amide bonds. The van der Waals surface area contributed by atoms with Crippen molar-refractivity contribution in [3.05, 3.63) is 35.9 Å². The second-order valence-corrected chi connectivity index (χ2v) is 9.30. The maximum atomic E-state index is 6.81. The van der Waals surface area contributed by atoms with Crippen LogP contribution in [0.5, 0.6) is 0 Å². The number of benzene rings is 1. The van der Waals surface area contributed by atoms with Gasteiger partial charge in [0.25, 0.3) is 0 Å². The molecule has 0 radical (unpaired) electrons. The minimum Gasteiger partial charge on any atom is -0.323 e. The van der Waals surface area contributed by atoms with Crippen molar-refractivity contribution in [1.29, 1.82) is 0 Å². The SMILES string of the molecule is CC1CC2CC(C)(Cl)CC3(C2)CC13C(N)c1ccccc1. The molecule has 0 heterocycles. The zero-order chi connectivity index (χ0) is 14.9. The molecule has 6 atom stereocenters. The lowest BCUT2D eigenvalue weighted by molar-refractivity contribution is 0.0394. The summed E-state index contributed by atoms with van der Waals surface area (Å²) in [5.74, 6) is 1.54. The van der Waals surface area contributed by atoms with Gasteiger partial charge >= 0.3 is 0 Å². The molecule has 0 aliphatic heterocycles. The summed E-state index contributed by atoms with van der Waals surface area (Å²) in [6.45, 7) is 4.68. The van der Waals surface area contributed by atoms with Crippen molar-refractivity contribution < 1.29 is 0 Å². The minimum absolute atomic E-state index is 0.0127. The number of hydrogen-bond acceptors (Lipinski definition) is 1. The number of hydrogen-bond donors (Lipinski definition) is 1. The number of halogens is 1. The maximum Gasteiger partial charge on any atom is 0.0426 e. The monoisotopic (exact) mass is 303 g/mol. The molecular formula is C19H26ClN. The fourth-order valence-corrected chi connectivity index (χ4v) is 6.83. The van der Waals surface area contributed by atoms with Crippen LogP contribution in [-0.4, -0.2) is 4.87 Å². The minimum atomic E-state index is -0.0127. The van der Waals surface area contributed by atoms with Gasteiger partial charge in [-0.05, 0) is 67.3 Å². The summed E-state index contributed by atoms with van der Waals surface area (Å²) in [5, 5.41) is 0. The van der Waals surface area contributed by atoms with Crippen molar-refractivity contribution in [2.75, 3.05) is 0 Å². The molecule has 0 aromatic heterocycles. The molecule has 3 fully saturated rings. The summed E-state index contributed by atoms with van der Waals surface area (Å²) in [5.41, 5.74) is 8.83. The van der Waals surface area contributed by atoms with Gasteiger partial charge in [-0.25, -0.2) is 0 Å². The Labute approximate surface area is 133 Å². The Hall–Kier alpha value is -0.530. The Morgan fingerprint density at radius 3 is 2.62 bits per heavy atom. The van der Waals surface area contributed by atoms with Crippen molar-refractivity contribution in [1.82, 2.24) is 0 Å². The number of alkyl halides is 1. The highest BCUT2D eigenvalue weighted by Crippen LogP contribution is 2.82. The van der Waals surface area contributed by atoms with E-state index in [0.717, 1.165) is 18.3 Å². The van der Waals surface area contributed by atoms with Crippen LogP contribution in [0.1, 0.15) is 57.6 Å². The van der Waals surface area contributed by atoms with Gasteiger partial charge in [-0.15, -0.1) is 11.6 Å². The fraction of sp³-hybridized carbons (Fsp3) is 0.684. The first-order chi connectivity index (χ1) is 9.89. The molecule has 6 unspecified atom stereocenters. The molecule has 4 rings (SSSR count). The van der Waals surface area contributed by atoms with Crippen molar-refractivity contribution in [3.63, 3.8) is 0 Å². The Kier molecular flexibility index (Phi) is 2.86. The highest BCUT2D eigenvalue weighted by molar-refractivity contribution is 6.23. The molecule has 2 N–H and O–H groups in total. The lowest BCUT2D eigenvalue weighted by Gasteiger charge is -2.50. The lowest BCUT2D eigenvalue weighted by atomic mass is 9.58. The fourth-order valence-electron chi connectivity index (χ4n) is 6.36. The molecule has 3 aliphatic rings. The van der Waals surface area contributed by atoms with E-state index in [2.05, 4.69) is 44.2 Å². The molecule has 1 aromatic carbocycles. The van der Waals surface area contributed by atoms with Crippen molar-refractivity contribution in [2.24, 2.45) is 28.4 Å². The van der Waals surface area contributed by atoms with Crippen LogP contribution >= 0.6 is 11.6 Å². The molecule has 1 aromatic rings. The molecule has 3 aliphatic carbocycles. The molecule has 2 bridgehead atoms. The van der Waals surface area contributed by atoms with Crippen molar-refractivity contribution >= 4 is 11.6 Å². The van der Waals surface area contributed by atoms with Gasteiger partial charge in [0.15, 0.2) is 0 Å². The van der Waals surface area contributed by atoms with E-state index in [1.54, 1.807) is 0 Å².